The molecule has 0 unspecified atom stereocenters. The van der Waals surface area contributed by atoms with Crippen molar-refractivity contribution in [3.63, 3.8) is 0 Å². The van der Waals surface area contributed by atoms with Gasteiger partial charge in [-0.3, -0.25) is 4.98 Å². The molecule has 8 heteroatoms. The van der Waals surface area contributed by atoms with Crippen LogP contribution < -0.4 is 0 Å². The van der Waals surface area contributed by atoms with Crippen LogP contribution in [-0.4, -0.2) is 51.5 Å². The molecule has 0 radical (unpaired) electrons. The van der Waals surface area contributed by atoms with Gasteiger partial charge in [-0.05, 0) is 29.0 Å². The zero-order chi connectivity index (χ0) is 14.2. The van der Waals surface area contributed by atoms with Crippen LogP contribution in [0.5, 0.6) is 0 Å². The number of nitrogens with zero attached hydrogens (tertiary/aromatic N) is 5. The molecule has 0 aliphatic carbocycles. The molecule has 2 aromatic rings. The Morgan fingerprint density at radius 3 is 2.85 bits per heavy atom. The molecule has 2 heterocycles. The summed E-state index contributed by atoms with van der Waals surface area (Å²) < 4.78 is 12.0. The number of methoxy groups -OCH3 is 2. The van der Waals surface area contributed by atoms with Crippen LogP contribution in [0.15, 0.2) is 29.6 Å². The fourth-order valence-electron chi connectivity index (χ4n) is 1.59. The van der Waals surface area contributed by atoms with Gasteiger partial charge in [-0.15, -0.1) is 5.10 Å². The van der Waals surface area contributed by atoms with E-state index in [0.717, 1.165) is 23.0 Å². The minimum Gasteiger partial charge on any atom is -0.354 e. The highest BCUT2D eigenvalue weighted by atomic mass is 32.2. The van der Waals surface area contributed by atoms with Gasteiger partial charge in [0.05, 0.1) is 6.54 Å². The Morgan fingerprint density at radius 1 is 1.30 bits per heavy atom. The standard InChI is InChI=1S/C12H17N5O2S/c1-18-11(19-2)9-17-12(14-15-16-17)20-8-6-10-5-3-4-7-13-10/h3-5,7,11H,6,8-9H2,1-2H3. The number of hydrogen-bond acceptors (Lipinski definition) is 7. The lowest BCUT2D eigenvalue weighted by Gasteiger charge is -2.13. The minimum atomic E-state index is -0.353. The summed E-state index contributed by atoms with van der Waals surface area (Å²) in [6.45, 7) is 0.464. The SMILES string of the molecule is COC(Cn1nnnc1SCCc1ccccn1)OC. The first-order valence-corrected chi connectivity index (χ1v) is 7.16. The van der Waals surface area contributed by atoms with Crippen LogP contribution in [0.4, 0.5) is 0 Å². The molecule has 2 rings (SSSR count). The molecule has 2 aromatic heterocycles. The number of ether oxygens (including phenoxy) is 2. The van der Waals surface area contributed by atoms with E-state index in [2.05, 4.69) is 20.5 Å². The molecule has 0 atom stereocenters. The lowest BCUT2D eigenvalue weighted by atomic mass is 10.3. The van der Waals surface area contributed by atoms with Crippen molar-refractivity contribution >= 4 is 11.8 Å². The van der Waals surface area contributed by atoms with Gasteiger partial charge in [0.1, 0.15) is 0 Å². The van der Waals surface area contributed by atoms with Crippen LogP contribution in [0.3, 0.4) is 0 Å². The van der Waals surface area contributed by atoms with Crippen molar-refractivity contribution in [3.8, 4) is 0 Å². The Kier molecular flexibility index (Phi) is 5.90. The molecule has 0 aliphatic heterocycles. The zero-order valence-corrected chi connectivity index (χ0v) is 12.3. The monoisotopic (exact) mass is 295 g/mol. The summed E-state index contributed by atoms with van der Waals surface area (Å²) in [6, 6.07) is 5.90. The second kappa shape index (κ2) is 7.93. The van der Waals surface area contributed by atoms with Gasteiger partial charge in [-0.1, -0.05) is 17.8 Å². The van der Waals surface area contributed by atoms with E-state index in [-0.39, 0.29) is 6.29 Å². The van der Waals surface area contributed by atoms with Gasteiger partial charge in [0.15, 0.2) is 6.29 Å². The average Bonchev–Trinajstić information content (AvgIpc) is 2.93. The molecule has 0 amide bonds. The third kappa shape index (κ3) is 4.26. The maximum atomic E-state index is 5.14. The Balaban J connectivity index is 1.86. The smallest absolute Gasteiger partial charge is 0.209 e. The third-order valence-corrected chi connectivity index (χ3v) is 3.62. The van der Waals surface area contributed by atoms with Crippen molar-refractivity contribution < 1.29 is 9.47 Å². The number of pyridine rings is 1. The van der Waals surface area contributed by atoms with E-state index in [0.29, 0.717) is 6.54 Å². The van der Waals surface area contributed by atoms with E-state index in [9.17, 15) is 0 Å². The summed E-state index contributed by atoms with van der Waals surface area (Å²) in [4.78, 5) is 4.28. The number of rotatable bonds is 8. The van der Waals surface area contributed by atoms with Gasteiger partial charge < -0.3 is 9.47 Å². The maximum absolute atomic E-state index is 5.14. The molecule has 108 valence electrons. The number of tetrazole rings is 1. The predicted octanol–water partition coefficient (Wildman–Crippen LogP) is 1.02. The van der Waals surface area contributed by atoms with Crippen molar-refractivity contribution in [2.45, 2.75) is 24.4 Å². The first-order chi connectivity index (χ1) is 9.83. The van der Waals surface area contributed by atoms with Crippen LogP contribution >= 0.6 is 11.8 Å². The van der Waals surface area contributed by atoms with Crippen molar-refractivity contribution in [2.75, 3.05) is 20.0 Å². The van der Waals surface area contributed by atoms with Crippen molar-refractivity contribution in [3.05, 3.63) is 30.1 Å². The lowest BCUT2D eigenvalue weighted by Crippen LogP contribution is -2.22. The van der Waals surface area contributed by atoms with Crippen molar-refractivity contribution in [1.29, 1.82) is 0 Å². The maximum Gasteiger partial charge on any atom is 0.209 e. The van der Waals surface area contributed by atoms with Gasteiger partial charge in [-0.25, -0.2) is 4.68 Å². The van der Waals surface area contributed by atoms with Crippen LogP contribution in [0, 0.1) is 0 Å². The molecule has 0 spiro atoms. The Morgan fingerprint density at radius 2 is 2.15 bits per heavy atom. The van der Waals surface area contributed by atoms with E-state index in [1.54, 1.807) is 36.9 Å². The van der Waals surface area contributed by atoms with Crippen LogP contribution in [0.1, 0.15) is 5.69 Å². The summed E-state index contributed by atoms with van der Waals surface area (Å²) in [5, 5.41) is 12.4. The van der Waals surface area contributed by atoms with E-state index >= 15 is 0 Å². The van der Waals surface area contributed by atoms with Gasteiger partial charge in [0.2, 0.25) is 5.16 Å². The molecule has 0 aliphatic rings. The average molecular weight is 295 g/mol. The van der Waals surface area contributed by atoms with Crippen LogP contribution in [0.25, 0.3) is 0 Å². The molecular weight excluding hydrogens is 278 g/mol. The van der Waals surface area contributed by atoms with E-state index in [1.807, 2.05) is 18.2 Å². The van der Waals surface area contributed by atoms with Crippen molar-refractivity contribution in [1.82, 2.24) is 25.2 Å². The van der Waals surface area contributed by atoms with Gasteiger partial charge >= 0.3 is 0 Å². The molecule has 0 aromatic carbocycles. The Hall–Kier alpha value is -1.51. The summed E-state index contributed by atoms with van der Waals surface area (Å²) in [6.07, 6.45) is 2.32. The minimum absolute atomic E-state index is 0.353. The first-order valence-electron chi connectivity index (χ1n) is 6.18. The second-order valence-electron chi connectivity index (χ2n) is 3.96. The van der Waals surface area contributed by atoms with Crippen molar-refractivity contribution in [2.24, 2.45) is 0 Å². The third-order valence-electron chi connectivity index (χ3n) is 2.66. The fourth-order valence-corrected chi connectivity index (χ4v) is 2.44. The number of aromatic nitrogens is 5. The summed E-state index contributed by atoms with van der Waals surface area (Å²) >= 11 is 1.59. The zero-order valence-electron chi connectivity index (χ0n) is 11.5. The Labute approximate surface area is 121 Å². The second-order valence-corrected chi connectivity index (χ2v) is 5.03. The topological polar surface area (TPSA) is 75.0 Å². The largest absolute Gasteiger partial charge is 0.354 e. The van der Waals surface area contributed by atoms with Crippen LogP contribution in [-0.2, 0) is 22.4 Å². The van der Waals surface area contributed by atoms with Gasteiger partial charge in [-0.2, -0.15) is 0 Å². The predicted molar refractivity (Wildman–Crippen MR) is 74.3 cm³/mol. The van der Waals surface area contributed by atoms with E-state index < -0.39 is 0 Å². The Bertz CT molecular complexity index is 504. The number of aryl methyl sites for hydroxylation is 1. The molecule has 0 fully saturated rings. The molecule has 20 heavy (non-hydrogen) atoms. The molecule has 7 nitrogen and oxygen atoms in total. The highest BCUT2D eigenvalue weighted by Gasteiger charge is 2.12. The van der Waals surface area contributed by atoms with E-state index in [4.69, 9.17) is 9.47 Å². The number of hydrogen-bond donors (Lipinski definition) is 0. The fraction of sp³-hybridized carbons (Fsp3) is 0.500. The van der Waals surface area contributed by atoms with Gasteiger partial charge in [0.25, 0.3) is 0 Å². The molecular formula is C12H17N5O2S. The highest BCUT2D eigenvalue weighted by Crippen LogP contribution is 2.15. The van der Waals surface area contributed by atoms with E-state index in [1.165, 1.54) is 0 Å². The first kappa shape index (κ1) is 14.9. The molecule has 0 saturated carbocycles. The highest BCUT2D eigenvalue weighted by molar-refractivity contribution is 7.99. The normalized spacial score (nSPS) is 11.2. The van der Waals surface area contributed by atoms with Gasteiger partial charge in [0, 0.05) is 31.9 Å². The molecule has 0 N–H and O–H groups in total. The lowest BCUT2D eigenvalue weighted by molar-refractivity contribution is -0.113. The number of thioether (sulfide) groups is 1. The summed E-state index contributed by atoms with van der Waals surface area (Å²) in [5.74, 6) is 0.863. The summed E-state index contributed by atoms with van der Waals surface area (Å²) in [5.41, 5.74) is 1.06. The quantitative estimate of drug-likeness (QED) is 0.531. The summed E-state index contributed by atoms with van der Waals surface area (Å²) in [7, 11) is 3.18. The molecule has 0 saturated heterocycles. The van der Waals surface area contributed by atoms with Crippen LogP contribution in [0.2, 0.25) is 0 Å². The molecule has 0 bridgehead atoms.